The molecule has 0 spiro atoms. The van der Waals surface area contributed by atoms with Crippen molar-refractivity contribution in [3.8, 4) is 11.5 Å². The van der Waals surface area contributed by atoms with E-state index < -0.39 is 0 Å². The first-order valence-electron chi connectivity index (χ1n) is 5.86. The molecule has 1 unspecified atom stereocenters. The lowest BCUT2D eigenvalue weighted by Gasteiger charge is -2.08. The van der Waals surface area contributed by atoms with E-state index in [2.05, 4.69) is 0 Å². The van der Waals surface area contributed by atoms with E-state index in [0.29, 0.717) is 29.2 Å². The number of aliphatic hydroxyl groups is 1. The van der Waals surface area contributed by atoms with E-state index >= 15 is 0 Å². The van der Waals surface area contributed by atoms with Crippen molar-refractivity contribution in [1.29, 1.82) is 0 Å². The van der Waals surface area contributed by atoms with Crippen molar-refractivity contribution >= 4 is 17.5 Å². The van der Waals surface area contributed by atoms with Crippen LogP contribution < -0.4 is 9.47 Å². The zero-order valence-electron chi connectivity index (χ0n) is 10.2. The van der Waals surface area contributed by atoms with Crippen LogP contribution in [0, 0.1) is 0 Å². The molecule has 0 aliphatic carbocycles. The Morgan fingerprint density at radius 2 is 2.22 bits per heavy atom. The molecule has 0 fully saturated rings. The van der Waals surface area contributed by atoms with Gasteiger partial charge in [-0.25, -0.2) is 0 Å². The van der Waals surface area contributed by atoms with E-state index in [9.17, 15) is 4.79 Å². The lowest BCUT2D eigenvalue weighted by atomic mass is 10.1. The maximum Gasteiger partial charge on any atom is 0.231 e. The molecule has 0 aromatic heterocycles. The third-order valence-electron chi connectivity index (χ3n) is 2.73. The zero-order valence-corrected chi connectivity index (χ0v) is 11.0. The molecule has 18 heavy (non-hydrogen) atoms. The average Bonchev–Trinajstić information content (AvgIpc) is 2.83. The second-order valence-corrected chi connectivity index (χ2v) is 5.55. The van der Waals surface area contributed by atoms with Crippen molar-refractivity contribution in [2.75, 3.05) is 19.2 Å². The molecule has 1 N–H and O–H groups in total. The average molecular weight is 268 g/mol. The molecule has 1 aliphatic rings. The Hall–Kier alpha value is -1.20. The number of aliphatic hydroxyl groups excluding tert-OH is 1. The highest BCUT2D eigenvalue weighted by atomic mass is 32.2. The van der Waals surface area contributed by atoms with Crippen molar-refractivity contribution in [2.45, 2.75) is 18.6 Å². The quantitative estimate of drug-likeness (QED) is 0.801. The van der Waals surface area contributed by atoms with Crippen molar-refractivity contribution < 1.29 is 19.4 Å². The van der Waals surface area contributed by atoms with Crippen LogP contribution in [0.25, 0.3) is 0 Å². The Bertz CT molecular complexity index is 433. The van der Waals surface area contributed by atoms with Crippen molar-refractivity contribution in [1.82, 2.24) is 0 Å². The number of ether oxygens (including phenoxy) is 2. The number of fused-ring (bicyclic) bond motifs is 1. The van der Waals surface area contributed by atoms with Crippen LogP contribution in [0.1, 0.15) is 23.7 Å². The number of carbonyl (C=O) groups excluding carboxylic acids is 1. The summed E-state index contributed by atoms with van der Waals surface area (Å²) in [6.07, 6.45) is 0.707. The van der Waals surface area contributed by atoms with Gasteiger partial charge in [-0.3, -0.25) is 4.79 Å². The van der Waals surface area contributed by atoms with Crippen molar-refractivity contribution in [2.24, 2.45) is 0 Å². The lowest BCUT2D eigenvalue weighted by molar-refractivity contribution is 0.102. The minimum absolute atomic E-state index is 0.0723. The predicted octanol–water partition coefficient (Wildman–Crippen LogP) is 2.10. The summed E-state index contributed by atoms with van der Waals surface area (Å²) in [6, 6.07) is 5.24. The molecule has 4 nitrogen and oxygen atoms in total. The van der Waals surface area contributed by atoms with Crippen LogP contribution in [0.15, 0.2) is 18.2 Å². The summed E-state index contributed by atoms with van der Waals surface area (Å²) in [7, 11) is 0. The first-order chi connectivity index (χ1) is 8.70. The molecule has 1 aromatic rings. The molecule has 1 heterocycles. The lowest BCUT2D eigenvalue weighted by Crippen LogP contribution is -2.07. The molecule has 1 atom stereocenters. The topological polar surface area (TPSA) is 55.8 Å². The van der Waals surface area contributed by atoms with Crippen LogP contribution in [0.2, 0.25) is 0 Å². The SMILES string of the molecule is CC(CCO)SCC(=O)c1ccc2c(c1)OCO2. The smallest absolute Gasteiger partial charge is 0.231 e. The summed E-state index contributed by atoms with van der Waals surface area (Å²) >= 11 is 1.56. The highest BCUT2D eigenvalue weighted by Gasteiger charge is 2.16. The number of thioether (sulfide) groups is 1. The van der Waals surface area contributed by atoms with Gasteiger partial charge in [0.05, 0.1) is 5.75 Å². The molecular formula is C13H16O4S. The Morgan fingerprint density at radius 3 is 3.00 bits per heavy atom. The summed E-state index contributed by atoms with van der Waals surface area (Å²) < 4.78 is 10.4. The fraction of sp³-hybridized carbons (Fsp3) is 0.462. The molecule has 2 rings (SSSR count). The van der Waals surface area contributed by atoms with Crippen LogP contribution in [0.4, 0.5) is 0 Å². The molecule has 0 radical (unpaired) electrons. The summed E-state index contributed by atoms with van der Waals surface area (Å²) in [5.74, 6) is 1.81. The molecule has 1 aromatic carbocycles. The zero-order chi connectivity index (χ0) is 13.0. The van der Waals surface area contributed by atoms with E-state index in [0.717, 1.165) is 0 Å². The second-order valence-electron chi connectivity index (χ2n) is 4.13. The number of Topliss-reactive ketones (excluding diaryl/α,β-unsaturated/α-hetero) is 1. The van der Waals surface area contributed by atoms with Crippen molar-refractivity contribution in [3.05, 3.63) is 23.8 Å². The third kappa shape index (κ3) is 3.17. The Morgan fingerprint density at radius 1 is 1.44 bits per heavy atom. The highest BCUT2D eigenvalue weighted by molar-refractivity contribution is 8.00. The molecule has 1 aliphatic heterocycles. The number of carbonyl (C=O) groups is 1. The van der Waals surface area contributed by atoms with Gasteiger partial charge in [0.15, 0.2) is 17.3 Å². The van der Waals surface area contributed by atoms with E-state index in [1.54, 1.807) is 30.0 Å². The van der Waals surface area contributed by atoms with Crippen LogP contribution in [-0.2, 0) is 0 Å². The highest BCUT2D eigenvalue weighted by Crippen LogP contribution is 2.32. The van der Waals surface area contributed by atoms with E-state index in [4.69, 9.17) is 14.6 Å². The number of ketones is 1. The fourth-order valence-electron chi connectivity index (χ4n) is 1.64. The number of rotatable bonds is 6. The summed E-state index contributed by atoms with van der Waals surface area (Å²) in [5, 5.41) is 9.08. The normalized spacial score (nSPS) is 14.6. The van der Waals surface area contributed by atoms with Crippen LogP contribution >= 0.6 is 11.8 Å². The standard InChI is InChI=1S/C13H16O4S/c1-9(4-5-14)18-7-11(15)10-2-3-12-13(6-10)17-8-16-12/h2-3,6,9,14H,4-5,7-8H2,1H3. The maximum absolute atomic E-state index is 12.0. The van der Waals surface area contributed by atoms with Gasteiger partial charge in [-0.05, 0) is 24.6 Å². The van der Waals surface area contributed by atoms with Crippen LogP contribution in [0.5, 0.6) is 11.5 Å². The molecule has 0 saturated heterocycles. The van der Waals surface area contributed by atoms with Gasteiger partial charge in [0.1, 0.15) is 0 Å². The van der Waals surface area contributed by atoms with Gasteiger partial charge in [0.2, 0.25) is 6.79 Å². The minimum atomic E-state index is 0.0723. The minimum Gasteiger partial charge on any atom is -0.454 e. The monoisotopic (exact) mass is 268 g/mol. The van der Waals surface area contributed by atoms with Crippen LogP contribution in [0.3, 0.4) is 0 Å². The fourth-order valence-corrected chi connectivity index (χ4v) is 2.51. The van der Waals surface area contributed by atoms with Gasteiger partial charge in [0.25, 0.3) is 0 Å². The first kappa shape index (κ1) is 13.2. The predicted molar refractivity (Wildman–Crippen MR) is 70.5 cm³/mol. The largest absolute Gasteiger partial charge is 0.454 e. The molecule has 0 saturated carbocycles. The van der Waals surface area contributed by atoms with Gasteiger partial charge < -0.3 is 14.6 Å². The van der Waals surface area contributed by atoms with Gasteiger partial charge in [-0.1, -0.05) is 6.92 Å². The first-order valence-corrected chi connectivity index (χ1v) is 6.91. The third-order valence-corrected chi connectivity index (χ3v) is 3.96. The van der Waals surface area contributed by atoms with Gasteiger partial charge in [0, 0.05) is 17.4 Å². The van der Waals surface area contributed by atoms with Crippen LogP contribution in [-0.4, -0.2) is 35.3 Å². The molecule has 5 heteroatoms. The summed E-state index contributed by atoms with van der Waals surface area (Å²) in [4.78, 5) is 12.0. The molecule has 98 valence electrons. The second kappa shape index (κ2) is 6.11. The van der Waals surface area contributed by atoms with Gasteiger partial charge in [-0.15, -0.1) is 0 Å². The number of hydrogen-bond acceptors (Lipinski definition) is 5. The van der Waals surface area contributed by atoms with E-state index in [-0.39, 0.29) is 24.4 Å². The number of benzene rings is 1. The summed E-state index contributed by atoms with van der Waals surface area (Å²) in [6.45, 7) is 2.38. The molecule has 0 amide bonds. The van der Waals surface area contributed by atoms with Crippen molar-refractivity contribution in [3.63, 3.8) is 0 Å². The molecule has 0 bridgehead atoms. The number of hydrogen-bond donors (Lipinski definition) is 1. The molecular weight excluding hydrogens is 252 g/mol. The maximum atomic E-state index is 12.0. The van der Waals surface area contributed by atoms with Gasteiger partial charge in [-0.2, -0.15) is 11.8 Å². The van der Waals surface area contributed by atoms with Gasteiger partial charge >= 0.3 is 0 Å². The Balaban J connectivity index is 1.93. The van der Waals surface area contributed by atoms with E-state index in [1.807, 2.05) is 6.92 Å². The Labute approximate surface area is 110 Å². The van der Waals surface area contributed by atoms with E-state index in [1.165, 1.54) is 0 Å². The Kier molecular flexibility index (Phi) is 4.49. The summed E-state index contributed by atoms with van der Waals surface area (Å²) in [5.41, 5.74) is 0.642.